The molecule has 0 spiro atoms. The lowest BCUT2D eigenvalue weighted by atomic mass is 10.00. The van der Waals surface area contributed by atoms with Crippen LogP contribution in [0.15, 0.2) is 48.5 Å². The zero-order valence-electron chi connectivity index (χ0n) is 25.6. The summed E-state index contributed by atoms with van der Waals surface area (Å²) in [6, 6.07) is 11.4. The molecule has 0 aliphatic heterocycles. The topological polar surface area (TPSA) is 127 Å². The second-order valence-electron chi connectivity index (χ2n) is 11.5. The van der Waals surface area contributed by atoms with Gasteiger partial charge in [-0.15, -0.1) is 0 Å². The van der Waals surface area contributed by atoms with Crippen LogP contribution in [0.4, 0.5) is 9.59 Å². The standard InChI is InChI=1S/C30H43N3O8/c1-19(25(34)20-14-12-11-13-15-20)32(8)26(35)24(21-16-17-22(38-9)23(18-21)39-10)33(28(37)41-30(5,6)7)31-27(36)40-29(2,3)4/h11-19,24-25,34H,1-10H3,(H,31,36)/t19-,24+,25+/m0/s1. The van der Waals surface area contributed by atoms with Crippen molar-refractivity contribution >= 4 is 18.1 Å². The van der Waals surface area contributed by atoms with Crippen molar-refractivity contribution in [2.24, 2.45) is 0 Å². The number of benzene rings is 2. The first-order chi connectivity index (χ1) is 19.0. The van der Waals surface area contributed by atoms with Crippen LogP contribution in [0.1, 0.15) is 71.7 Å². The second kappa shape index (κ2) is 13.6. The van der Waals surface area contributed by atoms with E-state index in [2.05, 4.69) is 5.43 Å². The third-order valence-corrected chi connectivity index (χ3v) is 5.97. The number of methoxy groups -OCH3 is 2. The molecule has 2 N–H and O–H groups in total. The maximum absolute atomic E-state index is 14.3. The monoisotopic (exact) mass is 573 g/mol. The highest BCUT2D eigenvalue weighted by atomic mass is 16.6. The van der Waals surface area contributed by atoms with E-state index < -0.39 is 47.5 Å². The lowest BCUT2D eigenvalue weighted by Gasteiger charge is -2.37. The van der Waals surface area contributed by atoms with Crippen molar-refractivity contribution in [1.82, 2.24) is 15.3 Å². The number of hydrogen-bond acceptors (Lipinski definition) is 8. The summed E-state index contributed by atoms with van der Waals surface area (Å²) in [5.74, 6) is 0.0680. The molecule has 0 saturated carbocycles. The minimum atomic E-state index is -1.45. The Morgan fingerprint density at radius 2 is 1.39 bits per heavy atom. The van der Waals surface area contributed by atoms with Crippen LogP contribution in [0.3, 0.4) is 0 Å². The molecule has 0 aliphatic rings. The zero-order chi connectivity index (χ0) is 31.1. The van der Waals surface area contributed by atoms with Crippen LogP contribution >= 0.6 is 0 Å². The molecule has 0 radical (unpaired) electrons. The summed E-state index contributed by atoms with van der Waals surface area (Å²) in [5, 5.41) is 11.9. The molecular weight excluding hydrogens is 530 g/mol. The molecular formula is C30H43N3O8. The zero-order valence-corrected chi connectivity index (χ0v) is 25.6. The molecule has 0 aromatic heterocycles. The SMILES string of the molecule is COc1ccc([C@H](C(=O)N(C)[C@@H](C)[C@@H](O)c2ccccc2)N(NC(=O)OC(C)(C)C)C(=O)OC(C)(C)C)cc1OC. The van der Waals surface area contributed by atoms with Crippen LogP contribution in [0.2, 0.25) is 0 Å². The summed E-state index contributed by atoms with van der Waals surface area (Å²) >= 11 is 0. The van der Waals surface area contributed by atoms with Gasteiger partial charge >= 0.3 is 12.2 Å². The van der Waals surface area contributed by atoms with Gasteiger partial charge in [0.15, 0.2) is 17.5 Å². The van der Waals surface area contributed by atoms with Gasteiger partial charge in [-0.3, -0.25) is 4.79 Å². The Bertz CT molecular complexity index is 1190. The van der Waals surface area contributed by atoms with E-state index in [1.165, 1.54) is 32.2 Å². The number of carbonyl (C=O) groups is 3. The van der Waals surface area contributed by atoms with Crippen molar-refractivity contribution in [2.75, 3.05) is 21.3 Å². The van der Waals surface area contributed by atoms with E-state index in [1.807, 2.05) is 6.07 Å². The van der Waals surface area contributed by atoms with E-state index in [1.54, 1.807) is 84.9 Å². The fourth-order valence-electron chi connectivity index (χ4n) is 3.89. The van der Waals surface area contributed by atoms with E-state index in [0.717, 1.165) is 5.01 Å². The van der Waals surface area contributed by atoms with Gasteiger partial charge in [-0.05, 0) is 71.7 Å². The van der Waals surface area contributed by atoms with Crippen LogP contribution in [0.25, 0.3) is 0 Å². The summed E-state index contributed by atoms with van der Waals surface area (Å²) in [7, 11) is 4.42. The predicted molar refractivity (Wildman–Crippen MR) is 153 cm³/mol. The van der Waals surface area contributed by atoms with E-state index in [4.69, 9.17) is 18.9 Å². The molecule has 0 aliphatic carbocycles. The first-order valence-corrected chi connectivity index (χ1v) is 13.2. The molecule has 2 rings (SSSR count). The van der Waals surface area contributed by atoms with Gasteiger partial charge in [0.25, 0.3) is 5.91 Å². The molecule has 0 fully saturated rings. The van der Waals surface area contributed by atoms with Gasteiger partial charge in [-0.2, -0.15) is 5.01 Å². The minimum Gasteiger partial charge on any atom is -0.493 e. The van der Waals surface area contributed by atoms with Crippen molar-refractivity contribution in [1.29, 1.82) is 0 Å². The lowest BCUT2D eigenvalue weighted by molar-refractivity contribution is -0.141. The van der Waals surface area contributed by atoms with Crippen LogP contribution in [0.5, 0.6) is 11.5 Å². The first-order valence-electron chi connectivity index (χ1n) is 13.2. The van der Waals surface area contributed by atoms with E-state index in [9.17, 15) is 19.5 Å². The number of nitrogens with zero attached hydrogens (tertiary/aromatic N) is 2. The molecule has 3 amide bonds. The number of hydrazine groups is 1. The Balaban J connectivity index is 2.66. The Morgan fingerprint density at radius 3 is 1.90 bits per heavy atom. The normalized spacial score (nSPS) is 13.7. The molecule has 0 heterocycles. The summed E-state index contributed by atoms with van der Waals surface area (Å²) in [5.41, 5.74) is 1.45. The van der Waals surface area contributed by atoms with Crippen LogP contribution in [0, 0.1) is 0 Å². The Kier molecular flexibility index (Phi) is 11.0. The third-order valence-electron chi connectivity index (χ3n) is 5.97. The van der Waals surface area contributed by atoms with Crippen LogP contribution < -0.4 is 14.9 Å². The Hall–Kier alpha value is -3.99. The van der Waals surface area contributed by atoms with Crippen molar-refractivity contribution < 1.29 is 38.4 Å². The molecule has 2 aromatic rings. The fraction of sp³-hybridized carbons (Fsp3) is 0.500. The van der Waals surface area contributed by atoms with Gasteiger partial charge in [0.2, 0.25) is 0 Å². The molecule has 0 bridgehead atoms. The van der Waals surface area contributed by atoms with Gasteiger partial charge in [-0.25, -0.2) is 15.0 Å². The number of aliphatic hydroxyl groups is 1. The number of aliphatic hydroxyl groups excluding tert-OH is 1. The molecule has 0 saturated heterocycles. The van der Waals surface area contributed by atoms with E-state index in [0.29, 0.717) is 17.1 Å². The maximum atomic E-state index is 14.3. The van der Waals surface area contributed by atoms with E-state index in [-0.39, 0.29) is 5.56 Å². The first kappa shape index (κ1) is 33.2. The number of rotatable bonds is 8. The fourth-order valence-corrected chi connectivity index (χ4v) is 3.89. The van der Waals surface area contributed by atoms with Gasteiger partial charge in [0.1, 0.15) is 11.2 Å². The molecule has 41 heavy (non-hydrogen) atoms. The third kappa shape index (κ3) is 9.28. The average molecular weight is 574 g/mol. The van der Waals surface area contributed by atoms with Crippen molar-refractivity contribution in [3.05, 3.63) is 59.7 Å². The molecule has 0 unspecified atom stereocenters. The van der Waals surface area contributed by atoms with E-state index >= 15 is 0 Å². The summed E-state index contributed by atoms with van der Waals surface area (Å²) in [6.45, 7) is 11.7. The van der Waals surface area contributed by atoms with Crippen molar-refractivity contribution in [2.45, 2.75) is 77.9 Å². The Morgan fingerprint density at radius 1 is 0.829 bits per heavy atom. The quantitative estimate of drug-likeness (QED) is 0.423. The molecule has 226 valence electrons. The number of amides is 3. The molecule has 2 aromatic carbocycles. The number of nitrogens with one attached hydrogen (secondary N) is 1. The van der Waals surface area contributed by atoms with Crippen LogP contribution in [-0.4, -0.2) is 71.6 Å². The van der Waals surface area contributed by atoms with Gasteiger partial charge in [-0.1, -0.05) is 36.4 Å². The predicted octanol–water partition coefficient (Wildman–Crippen LogP) is 5.00. The largest absolute Gasteiger partial charge is 0.493 e. The van der Waals surface area contributed by atoms with Gasteiger partial charge in [0, 0.05) is 7.05 Å². The van der Waals surface area contributed by atoms with Gasteiger partial charge in [0.05, 0.1) is 26.4 Å². The minimum absolute atomic E-state index is 0.280. The summed E-state index contributed by atoms with van der Waals surface area (Å²) in [4.78, 5) is 42.1. The summed E-state index contributed by atoms with van der Waals surface area (Å²) < 4.78 is 21.8. The maximum Gasteiger partial charge on any atom is 0.430 e. The highest BCUT2D eigenvalue weighted by Gasteiger charge is 2.40. The Labute approximate surface area is 242 Å². The highest BCUT2D eigenvalue weighted by molar-refractivity contribution is 5.88. The number of likely N-dealkylation sites (N-methyl/N-ethyl adjacent to an activating group) is 1. The molecule has 11 heteroatoms. The lowest BCUT2D eigenvalue weighted by Crippen LogP contribution is -2.56. The average Bonchev–Trinajstić information content (AvgIpc) is 2.89. The smallest absolute Gasteiger partial charge is 0.430 e. The number of hydrogen-bond donors (Lipinski definition) is 2. The highest BCUT2D eigenvalue weighted by Crippen LogP contribution is 2.34. The van der Waals surface area contributed by atoms with Crippen molar-refractivity contribution in [3.8, 4) is 11.5 Å². The number of carbonyl (C=O) groups excluding carboxylic acids is 3. The number of ether oxygens (including phenoxy) is 4. The second-order valence-corrected chi connectivity index (χ2v) is 11.5. The molecule has 3 atom stereocenters. The molecule has 11 nitrogen and oxygen atoms in total. The summed E-state index contributed by atoms with van der Waals surface area (Å²) in [6.07, 6.45) is -3.01. The van der Waals surface area contributed by atoms with Gasteiger partial charge < -0.3 is 29.0 Å². The van der Waals surface area contributed by atoms with Crippen molar-refractivity contribution in [3.63, 3.8) is 0 Å². The van der Waals surface area contributed by atoms with Crippen LogP contribution in [-0.2, 0) is 14.3 Å².